The smallest absolute Gasteiger partial charge is 0.302 e. The standard InChI is InChI=1S/C20H24N2O3/c1-13(23)22-12-16(17-5-3-4-6-18(17)22)11-19-20(25-14(2)24)15-7-9-21(19)10-8-15/h3-6,12,15,19-20H,7-11H2,1-2H3/t19-,20+/m0/s1. The van der Waals surface area contributed by atoms with Crippen molar-refractivity contribution in [2.24, 2.45) is 5.92 Å². The largest absolute Gasteiger partial charge is 0.461 e. The quantitative estimate of drug-likeness (QED) is 0.806. The van der Waals surface area contributed by atoms with Crippen molar-refractivity contribution in [2.75, 3.05) is 13.1 Å². The van der Waals surface area contributed by atoms with Crippen LogP contribution in [0.25, 0.3) is 10.9 Å². The average molecular weight is 340 g/mol. The molecule has 0 radical (unpaired) electrons. The van der Waals surface area contributed by atoms with Gasteiger partial charge in [0.1, 0.15) is 6.10 Å². The molecule has 3 saturated heterocycles. The van der Waals surface area contributed by atoms with E-state index in [1.165, 1.54) is 6.92 Å². The SMILES string of the molecule is CC(=O)O[C@@H]1C2CCN(CC2)[C@H]1Cc1cn(C(C)=O)c2ccccc12. The third-order valence-electron chi connectivity index (χ3n) is 5.75. The summed E-state index contributed by atoms with van der Waals surface area (Å²) in [5.41, 5.74) is 2.10. The molecule has 0 N–H and O–H groups in total. The van der Waals surface area contributed by atoms with Crippen molar-refractivity contribution < 1.29 is 14.3 Å². The molecule has 3 fully saturated rings. The predicted octanol–water partition coefficient (Wildman–Crippen LogP) is 2.87. The Morgan fingerprint density at radius 3 is 2.56 bits per heavy atom. The highest BCUT2D eigenvalue weighted by Gasteiger charge is 2.44. The molecule has 1 aromatic carbocycles. The Hall–Kier alpha value is -2.14. The number of carbonyl (C=O) groups excluding carboxylic acids is 2. The van der Waals surface area contributed by atoms with Gasteiger partial charge in [-0.2, -0.15) is 0 Å². The van der Waals surface area contributed by atoms with Crippen molar-refractivity contribution in [3.05, 3.63) is 36.0 Å². The van der Waals surface area contributed by atoms with Crippen LogP contribution >= 0.6 is 0 Å². The fraction of sp³-hybridized carbons (Fsp3) is 0.500. The van der Waals surface area contributed by atoms with Gasteiger partial charge in [0.25, 0.3) is 0 Å². The number of benzene rings is 1. The third kappa shape index (κ3) is 2.86. The van der Waals surface area contributed by atoms with E-state index in [0.29, 0.717) is 5.92 Å². The van der Waals surface area contributed by atoms with Gasteiger partial charge in [-0.25, -0.2) is 0 Å². The predicted molar refractivity (Wildman–Crippen MR) is 95.6 cm³/mol. The van der Waals surface area contributed by atoms with Crippen LogP contribution in [0.5, 0.6) is 0 Å². The van der Waals surface area contributed by atoms with Crippen molar-refractivity contribution in [3.63, 3.8) is 0 Å². The Kier molecular flexibility index (Phi) is 4.12. The van der Waals surface area contributed by atoms with Crippen LogP contribution < -0.4 is 0 Å². The van der Waals surface area contributed by atoms with E-state index in [9.17, 15) is 9.59 Å². The first kappa shape index (κ1) is 16.3. The minimum Gasteiger partial charge on any atom is -0.461 e. The van der Waals surface area contributed by atoms with Crippen LogP contribution in [0.2, 0.25) is 0 Å². The number of rotatable bonds is 3. The number of fused-ring (bicyclic) bond motifs is 4. The lowest BCUT2D eigenvalue weighted by Gasteiger charge is -2.50. The first-order valence-electron chi connectivity index (χ1n) is 9.06. The maximum Gasteiger partial charge on any atom is 0.302 e. The maximum atomic E-state index is 12.0. The molecule has 0 spiro atoms. The van der Waals surface area contributed by atoms with E-state index in [0.717, 1.165) is 48.8 Å². The van der Waals surface area contributed by atoms with E-state index in [4.69, 9.17) is 4.74 Å². The Morgan fingerprint density at radius 2 is 1.88 bits per heavy atom. The molecule has 0 amide bonds. The molecule has 25 heavy (non-hydrogen) atoms. The molecule has 0 unspecified atom stereocenters. The van der Waals surface area contributed by atoms with Gasteiger partial charge >= 0.3 is 5.97 Å². The van der Waals surface area contributed by atoms with E-state index >= 15 is 0 Å². The van der Waals surface area contributed by atoms with Gasteiger partial charge in [0, 0.05) is 25.4 Å². The molecular formula is C20H24N2O3. The van der Waals surface area contributed by atoms with Gasteiger partial charge < -0.3 is 4.74 Å². The lowest BCUT2D eigenvalue weighted by atomic mass is 9.78. The third-order valence-corrected chi connectivity index (χ3v) is 5.75. The average Bonchev–Trinajstić information content (AvgIpc) is 2.96. The van der Waals surface area contributed by atoms with E-state index in [1.807, 2.05) is 24.4 Å². The van der Waals surface area contributed by atoms with Crippen LogP contribution in [0, 0.1) is 5.92 Å². The summed E-state index contributed by atoms with van der Waals surface area (Å²) in [6.07, 6.45) is 4.92. The molecule has 5 nitrogen and oxygen atoms in total. The first-order chi connectivity index (χ1) is 12.0. The lowest BCUT2D eigenvalue weighted by molar-refractivity contribution is -0.163. The lowest BCUT2D eigenvalue weighted by Crippen LogP contribution is -2.59. The summed E-state index contributed by atoms with van der Waals surface area (Å²) in [5.74, 6) is 0.277. The molecule has 5 rings (SSSR count). The van der Waals surface area contributed by atoms with Crippen LogP contribution in [-0.2, 0) is 16.0 Å². The molecule has 4 heterocycles. The number of carbonyl (C=O) groups is 2. The van der Waals surface area contributed by atoms with Crippen molar-refractivity contribution in [1.29, 1.82) is 0 Å². The summed E-state index contributed by atoms with van der Waals surface area (Å²) in [5, 5.41) is 1.11. The van der Waals surface area contributed by atoms with Crippen molar-refractivity contribution in [1.82, 2.24) is 9.47 Å². The second-order valence-corrected chi connectivity index (χ2v) is 7.28. The zero-order chi connectivity index (χ0) is 17.6. The van der Waals surface area contributed by atoms with E-state index in [1.54, 1.807) is 11.5 Å². The number of hydrogen-bond acceptors (Lipinski definition) is 4. The number of nitrogens with zero attached hydrogens (tertiary/aromatic N) is 2. The summed E-state index contributed by atoms with van der Waals surface area (Å²) in [6, 6.07) is 8.22. The van der Waals surface area contributed by atoms with E-state index in [2.05, 4.69) is 11.0 Å². The van der Waals surface area contributed by atoms with Crippen molar-refractivity contribution in [2.45, 2.75) is 45.3 Å². The second-order valence-electron chi connectivity index (χ2n) is 7.28. The van der Waals surface area contributed by atoms with Crippen LogP contribution in [-0.4, -0.2) is 46.6 Å². The molecule has 2 aromatic rings. The van der Waals surface area contributed by atoms with Gasteiger partial charge in [-0.15, -0.1) is 0 Å². The van der Waals surface area contributed by atoms with E-state index < -0.39 is 0 Å². The summed E-state index contributed by atoms with van der Waals surface area (Å²) in [4.78, 5) is 26.0. The fourth-order valence-corrected chi connectivity index (χ4v) is 4.61. The highest BCUT2D eigenvalue weighted by Crippen LogP contribution is 2.37. The Balaban J connectivity index is 1.70. The van der Waals surface area contributed by atoms with Crippen molar-refractivity contribution in [3.8, 4) is 0 Å². The Morgan fingerprint density at radius 1 is 1.16 bits per heavy atom. The molecule has 3 aliphatic heterocycles. The van der Waals surface area contributed by atoms with Crippen LogP contribution in [0.4, 0.5) is 0 Å². The highest BCUT2D eigenvalue weighted by atomic mass is 16.5. The molecule has 1 aromatic heterocycles. The van der Waals surface area contributed by atoms with Gasteiger partial charge in [0.05, 0.1) is 11.6 Å². The summed E-state index contributed by atoms with van der Waals surface area (Å²) in [6.45, 7) is 5.22. The summed E-state index contributed by atoms with van der Waals surface area (Å²) >= 11 is 0. The van der Waals surface area contributed by atoms with Gasteiger partial charge in [0.15, 0.2) is 0 Å². The van der Waals surface area contributed by atoms with Crippen molar-refractivity contribution >= 4 is 22.8 Å². The zero-order valence-corrected chi connectivity index (χ0v) is 14.8. The van der Waals surface area contributed by atoms with Crippen LogP contribution in [0.15, 0.2) is 30.5 Å². The Labute approximate surface area is 147 Å². The molecule has 3 aliphatic rings. The highest BCUT2D eigenvalue weighted by molar-refractivity contribution is 5.93. The van der Waals surface area contributed by atoms with Crippen LogP contribution in [0.1, 0.15) is 37.0 Å². The van der Waals surface area contributed by atoms with Gasteiger partial charge in [0.2, 0.25) is 5.91 Å². The molecule has 132 valence electrons. The fourth-order valence-electron chi connectivity index (χ4n) is 4.61. The zero-order valence-electron chi connectivity index (χ0n) is 14.8. The van der Waals surface area contributed by atoms with Gasteiger partial charge in [-0.3, -0.25) is 19.1 Å². The number of para-hydroxylation sites is 1. The number of aromatic nitrogens is 1. The van der Waals surface area contributed by atoms with Crippen LogP contribution in [0.3, 0.4) is 0 Å². The maximum absolute atomic E-state index is 12.0. The topological polar surface area (TPSA) is 51.5 Å². The summed E-state index contributed by atoms with van der Waals surface area (Å²) in [7, 11) is 0. The molecule has 5 heteroatoms. The molecule has 2 atom stereocenters. The molecule has 2 bridgehead atoms. The minimum atomic E-state index is -0.199. The molecular weight excluding hydrogens is 316 g/mol. The second kappa shape index (κ2) is 6.30. The molecule has 0 saturated carbocycles. The van der Waals surface area contributed by atoms with E-state index in [-0.39, 0.29) is 24.0 Å². The number of piperidine rings is 3. The monoisotopic (exact) mass is 340 g/mol. The normalized spacial score (nSPS) is 28.2. The number of hydrogen-bond donors (Lipinski definition) is 0. The number of ether oxygens (including phenoxy) is 1. The Bertz CT molecular complexity index is 817. The van der Waals surface area contributed by atoms with Gasteiger partial charge in [-0.1, -0.05) is 18.2 Å². The number of esters is 1. The van der Waals surface area contributed by atoms with Gasteiger partial charge in [-0.05, 0) is 49.9 Å². The minimum absolute atomic E-state index is 0.0180. The first-order valence-corrected chi connectivity index (χ1v) is 9.06. The summed E-state index contributed by atoms with van der Waals surface area (Å²) < 4.78 is 7.45. The molecule has 0 aliphatic carbocycles.